The Morgan fingerprint density at radius 1 is 1.44 bits per heavy atom. The van der Waals surface area contributed by atoms with Crippen LogP contribution in [0.5, 0.6) is 0 Å². The molecule has 0 aliphatic heterocycles. The molecule has 98 valence electrons. The van der Waals surface area contributed by atoms with Gasteiger partial charge in [-0.1, -0.05) is 12.2 Å². The molecule has 0 radical (unpaired) electrons. The predicted molar refractivity (Wildman–Crippen MR) is 64.7 cm³/mol. The highest BCUT2D eigenvalue weighted by Crippen LogP contribution is 2.17. The first-order chi connectivity index (χ1) is 8.45. The van der Waals surface area contributed by atoms with Crippen molar-refractivity contribution >= 4 is 16.0 Å². The van der Waals surface area contributed by atoms with E-state index in [1.54, 1.807) is 0 Å². The number of rotatable bonds is 7. The topological polar surface area (TPSA) is 103 Å². The number of H-pyrrole nitrogens is 1. The summed E-state index contributed by atoms with van der Waals surface area (Å²) in [6.07, 6.45) is 3.75. The van der Waals surface area contributed by atoms with E-state index in [0.29, 0.717) is 0 Å². The van der Waals surface area contributed by atoms with Gasteiger partial charge in [0.15, 0.2) is 5.03 Å². The minimum atomic E-state index is -3.97. The number of carboxylic acids is 1. The van der Waals surface area contributed by atoms with E-state index in [9.17, 15) is 13.2 Å². The van der Waals surface area contributed by atoms with Crippen molar-refractivity contribution in [2.24, 2.45) is 0 Å². The molecule has 0 saturated carbocycles. The van der Waals surface area contributed by atoms with Gasteiger partial charge in [-0.3, -0.25) is 5.10 Å². The van der Waals surface area contributed by atoms with Crippen LogP contribution in [0, 0.1) is 0 Å². The third-order valence-corrected chi connectivity index (χ3v) is 3.90. The average Bonchev–Trinajstić information content (AvgIpc) is 2.78. The van der Waals surface area contributed by atoms with Crippen LogP contribution >= 0.6 is 0 Å². The molecule has 0 aromatic carbocycles. The minimum absolute atomic E-state index is 0.0480. The molecule has 0 aliphatic rings. The van der Waals surface area contributed by atoms with Gasteiger partial charge in [0.05, 0.1) is 6.20 Å². The molecule has 0 saturated heterocycles. The number of hydrogen-bond donors (Lipinski definition) is 2. The van der Waals surface area contributed by atoms with Gasteiger partial charge in [-0.15, -0.1) is 13.2 Å². The summed E-state index contributed by atoms with van der Waals surface area (Å²) in [4.78, 5) is 10.9. The first-order valence-corrected chi connectivity index (χ1v) is 6.37. The van der Waals surface area contributed by atoms with Crippen LogP contribution in [0.2, 0.25) is 0 Å². The number of nitrogens with zero attached hydrogens (tertiary/aromatic N) is 2. The van der Waals surface area contributed by atoms with Crippen molar-refractivity contribution < 1.29 is 18.3 Å². The molecule has 18 heavy (non-hydrogen) atoms. The van der Waals surface area contributed by atoms with Gasteiger partial charge in [0.1, 0.15) is 5.56 Å². The van der Waals surface area contributed by atoms with E-state index in [2.05, 4.69) is 23.4 Å². The average molecular weight is 271 g/mol. The van der Waals surface area contributed by atoms with Gasteiger partial charge in [0.2, 0.25) is 0 Å². The standard InChI is InChI=1S/C10H13N3O4S/c1-3-5-13(6-4-2)18(16,17)9-8(10(14)15)7-11-12-9/h3-4,7H,1-2,5-6H2,(H,11,12)(H,14,15). The summed E-state index contributed by atoms with van der Waals surface area (Å²) in [6.45, 7) is 7.00. The lowest BCUT2D eigenvalue weighted by molar-refractivity contribution is 0.0692. The summed E-state index contributed by atoms with van der Waals surface area (Å²) in [5.74, 6) is -1.36. The van der Waals surface area contributed by atoms with Crippen LogP contribution in [0.15, 0.2) is 36.5 Å². The number of sulfonamides is 1. The van der Waals surface area contributed by atoms with Crippen LogP contribution in [0.25, 0.3) is 0 Å². The van der Waals surface area contributed by atoms with Gasteiger partial charge in [-0.2, -0.15) is 9.40 Å². The molecule has 0 spiro atoms. The first kappa shape index (κ1) is 14.1. The summed E-state index contributed by atoms with van der Waals surface area (Å²) in [7, 11) is -3.97. The molecule has 1 aromatic rings. The quantitative estimate of drug-likeness (QED) is 0.702. The molecule has 7 nitrogen and oxygen atoms in total. The molecule has 0 amide bonds. The monoisotopic (exact) mass is 271 g/mol. The van der Waals surface area contributed by atoms with Gasteiger partial charge in [0, 0.05) is 13.1 Å². The number of hydrogen-bond acceptors (Lipinski definition) is 4. The first-order valence-electron chi connectivity index (χ1n) is 4.93. The lowest BCUT2D eigenvalue weighted by atomic mass is 10.4. The highest BCUT2D eigenvalue weighted by atomic mass is 32.2. The largest absolute Gasteiger partial charge is 0.478 e. The van der Waals surface area contributed by atoms with Crippen molar-refractivity contribution in [2.45, 2.75) is 5.03 Å². The van der Waals surface area contributed by atoms with Crippen LogP contribution in [-0.2, 0) is 10.0 Å². The summed E-state index contributed by atoms with van der Waals surface area (Å²) in [5, 5.41) is 14.1. The Labute approximate surface area is 104 Å². The van der Waals surface area contributed by atoms with Crippen molar-refractivity contribution in [3.63, 3.8) is 0 Å². The van der Waals surface area contributed by atoms with Crippen molar-refractivity contribution in [2.75, 3.05) is 13.1 Å². The van der Waals surface area contributed by atoms with Crippen LogP contribution in [0.1, 0.15) is 10.4 Å². The van der Waals surface area contributed by atoms with Gasteiger partial charge in [-0.05, 0) is 0 Å². The second-order valence-corrected chi connectivity index (χ2v) is 5.19. The maximum atomic E-state index is 12.2. The third-order valence-electron chi connectivity index (χ3n) is 2.10. The highest BCUT2D eigenvalue weighted by Gasteiger charge is 2.29. The summed E-state index contributed by atoms with van der Waals surface area (Å²) < 4.78 is 25.4. The summed E-state index contributed by atoms with van der Waals surface area (Å²) in [6, 6.07) is 0. The Balaban J connectivity index is 3.25. The number of nitrogens with one attached hydrogen (secondary N) is 1. The van der Waals surface area contributed by atoms with Crippen molar-refractivity contribution in [1.29, 1.82) is 0 Å². The maximum absolute atomic E-state index is 12.2. The van der Waals surface area contributed by atoms with Gasteiger partial charge >= 0.3 is 5.97 Å². The Hall–Kier alpha value is -1.93. The van der Waals surface area contributed by atoms with Crippen LogP contribution in [-0.4, -0.2) is 47.1 Å². The Morgan fingerprint density at radius 2 is 2.00 bits per heavy atom. The molecule has 1 rings (SSSR count). The fourth-order valence-corrected chi connectivity index (χ4v) is 2.76. The molecule has 0 unspecified atom stereocenters. The van der Waals surface area contributed by atoms with Crippen LogP contribution in [0.3, 0.4) is 0 Å². The van der Waals surface area contributed by atoms with Crippen LogP contribution in [0.4, 0.5) is 0 Å². The smallest absolute Gasteiger partial charge is 0.340 e. The molecule has 0 bridgehead atoms. The van der Waals surface area contributed by atoms with Gasteiger partial charge in [0.25, 0.3) is 10.0 Å². The Bertz CT molecular complexity index is 551. The zero-order valence-corrected chi connectivity index (χ0v) is 10.4. The van der Waals surface area contributed by atoms with Crippen molar-refractivity contribution in [3.8, 4) is 0 Å². The maximum Gasteiger partial charge on any atom is 0.340 e. The molecule has 8 heteroatoms. The Kier molecular flexibility index (Phi) is 4.40. The zero-order valence-electron chi connectivity index (χ0n) is 9.54. The van der Waals surface area contributed by atoms with E-state index >= 15 is 0 Å². The lowest BCUT2D eigenvalue weighted by Gasteiger charge is -2.17. The minimum Gasteiger partial charge on any atom is -0.478 e. The van der Waals surface area contributed by atoms with Crippen LogP contribution < -0.4 is 0 Å². The highest BCUT2D eigenvalue weighted by molar-refractivity contribution is 7.89. The Morgan fingerprint density at radius 3 is 2.44 bits per heavy atom. The van der Waals surface area contributed by atoms with E-state index in [4.69, 9.17) is 5.11 Å². The molecular weight excluding hydrogens is 258 g/mol. The fourth-order valence-electron chi connectivity index (χ4n) is 1.31. The van der Waals surface area contributed by atoms with E-state index in [-0.39, 0.29) is 13.1 Å². The molecule has 0 atom stereocenters. The summed E-state index contributed by atoms with van der Waals surface area (Å²) in [5.41, 5.74) is -0.395. The SMILES string of the molecule is C=CCN(CC=C)S(=O)(=O)c1[nH]ncc1C(=O)O. The number of aromatic nitrogens is 2. The van der Waals surface area contributed by atoms with E-state index in [1.807, 2.05) is 0 Å². The second kappa shape index (κ2) is 5.61. The van der Waals surface area contributed by atoms with Gasteiger partial charge in [-0.25, -0.2) is 13.2 Å². The second-order valence-electron chi connectivity index (χ2n) is 3.32. The molecule has 0 fully saturated rings. The normalized spacial score (nSPS) is 11.4. The lowest BCUT2D eigenvalue weighted by Crippen LogP contribution is -2.32. The third kappa shape index (κ3) is 2.66. The van der Waals surface area contributed by atoms with Crippen molar-refractivity contribution in [1.82, 2.24) is 14.5 Å². The molecular formula is C10H13N3O4S. The number of carbonyl (C=O) groups is 1. The van der Waals surface area contributed by atoms with E-state index in [0.717, 1.165) is 10.5 Å². The molecule has 2 N–H and O–H groups in total. The molecule has 1 aromatic heterocycles. The van der Waals surface area contributed by atoms with E-state index in [1.165, 1.54) is 12.2 Å². The number of aromatic amines is 1. The molecule has 1 heterocycles. The van der Waals surface area contributed by atoms with E-state index < -0.39 is 26.6 Å². The van der Waals surface area contributed by atoms with Crippen molar-refractivity contribution in [3.05, 3.63) is 37.1 Å². The predicted octanol–water partition coefficient (Wildman–Crippen LogP) is 0.471. The molecule has 0 aliphatic carbocycles. The van der Waals surface area contributed by atoms with Gasteiger partial charge < -0.3 is 5.11 Å². The summed E-state index contributed by atoms with van der Waals surface area (Å²) >= 11 is 0. The fraction of sp³-hybridized carbons (Fsp3) is 0.200. The number of carboxylic acid groups (broad SMARTS) is 1. The number of aromatic carboxylic acids is 1. The zero-order chi connectivity index (χ0) is 13.8.